The number of hydrogen-bond acceptors (Lipinski definition) is 5. The van der Waals surface area contributed by atoms with Gasteiger partial charge in [-0.2, -0.15) is 18.3 Å². The molecule has 4 aromatic rings. The average molecular weight is 567 g/mol. The molecule has 0 saturated heterocycles. The van der Waals surface area contributed by atoms with Gasteiger partial charge in [0.05, 0.1) is 16.3 Å². The van der Waals surface area contributed by atoms with E-state index in [1.165, 1.54) is 73.2 Å². The second kappa shape index (κ2) is 10.2. The predicted molar refractivity (Wildman–Crippen MR) is 137 cm³/mol. The van der Waals surface area contributed by atoms with E-state index in [-0.39, 0.29) is 21.7 Å². The maximum absolute atomic E-state index is 14.3. The molecule has 4 rings (SSSR count). The predicted octanol–water partition coefficient (Wildman–Crippen LogP) is 5.10. The van der Waals surface area contributed by atoms with Gasteiger partial charge in [-0.3, -0.25) is 0 Å². The Hall–Kier alpha value is -2.77. The van der Waals surface area contributed by atoms with Gasteiger partial charge in [0.1, 0.15) is 12.5 Å². The van der Waals surface area contributed by atoms with Gasteiger partial charge >= 0.3 is 6.18 Å². The Morgan fingerprint density at radius 3 is 1.68 bits per heavy atom. The Morgan fingerprint density at radius 1 is 0.784 bits per heavy atom. The zero-order chi connectivity index (χ0) is 27.1. The maximum atomic E-state index is 14.3. The Kier molecular flexibility index (Phi) is 7.50. The molecular weight excluding hydrogens is 545 g/mol. The summed E-state index contributed by atoms with van der Waals surface area (Å²) in [6.45, 7) is 0. The van der Waals surface area contributed by atoms with Crippen LogP contribution in [-0.4, -0.2) is 46.1 Å². The molecule has 2 unspecified atom stereocenters. The van der Waals surface area contributed by atoms with Gasteiger partial charge in [0.15, 0.2) is 25.3 Å². The van der Waals surface area contributed by atoms with Crippen LogP contribution < -0.4 is 0 Å². The van der Waals surface area contributed by atoms with Crippen molar-refractivity contribution in [3.63, 3.8) is 0 Å². The van der Waals surface area contributed by atoms with Gasteiger partial charge in [0.2, 0.25) is 0 Å². The van der Waals surface area contributed by atoms with Crippen molar-refractivity contribution in [2.24, 2.45) is 0 Å². The van der Waals surface area contributed by atoms with E-state index in [4.69, 9.17) is 0 Å². The van der Waals surface area contributed by atoms with Crippen LogP contribution in [0.15, 0.2) is 87.5 Å². The lowest BCUT2D eigenvalue weighted by Crippen LogP contribution is -2.08. The summed E-state index contributed by atoms with van der Waals surface area (Å²) in [7, 11) is -3.53. The summed E-state index contributed by atoms with van der Waals surface area (Å²) in [5.74, 6) is 0. The molecule has 37 heavy (non-hydrogen) atoms. The summed E-state index contributed by atoms with van der Waals surface area (Å²) in [6, 6.07) is 17.5. The number of rotatable bonds is 6. The molecule has 0 radical (unpaired) electrons. The quantitative estimate of drug-likeness (QED) is 0.303. The van der Waals surface area contributed by atoms with Crippen LogP contribution in [-0.2, 0) is 38.4 Å². The number of nitrogens with zero attached hydrogens (tertiary/aromatic N) is 2. The average Bonchev–Trinajstić information content (AvgIpc) is 3.25. The Bertz CT molecular complexity index is 1510. The van der Waals surface area contributed by atoms with Crippen molar-refractivity contribution in [3.05, 3.63) is 78.5 Å². The second-order valence-electron chi connectivity index (χ2n) is 8.20. The van der Waals surface area contributed by atoms with Crippen LogP contribution in [0, 0.1) is 0 Å². The monoisotopic (exact) mass is 566 g/mol. The van der Waals surface area contributed by atoms with E-state index in [0.29, 0.717) is 21.0 Å². The molecule has 3 aromatic carbocycles. The number of hydrogen-bond donors (Lipinski definition) is 0. The number of benzene rings is 3. The minimum absolute atomic E-state index is 0.0180. The fourth-order valence-electron chi connectivity index (χ4n) is 3.80. The van der Waals surface area contributed by atoms with E-state index in [9.17, 15) is 30.7 Å². The van der Waals surface area contributed by atoms with E-state index >= 15 is 0 Å². The SMILES string of the molecule is C[S+]([O-])c1ccc(-c2c(C(F)(F)F)nn(-c3ccc([S+](C)[O-])cc3)c2-c2ccc(S(C)(=O)=O)cc2)cc1. The minimum Gasteiger partial charge on any atom is -0.612 e. The molecule has 0 bridgehead atoms. The normalized spacial score (nSPS) is 13.9. The van der Waals surface area contributed by atoms with Gasteiger partial charge in [-0.25, -0.2) is 13.1 Å². The first kappa shape index (κ1) is 27.3. The smallest absolute Gasteiger partial charge is 0.435 e. The standard InChI is InChI=1S/C25H21F3N2O4S3/c1-35(31)19-10-4-16(5-11-19)22-23(17-6-14-21(15-7-17)37(3,33)34)30(29-24(22)25(26,27)28)18-8-12-20(13-9-18)36(2)32/h4-15H,1-3H3. The molecule has 0 saturated carbocycles. The van der Waals surface area contributed by atoms with Gasteiger partial charge < -0.3 is 9.11 Å². The van der Waals surface area contributed by atoms with Crippen LogP contribution in [0.4, 0.5) is 13.2 Å². The molecule has 194 valence electrons. The van der Waals surface area contributed by atoms with Crippen molar-refractivity contribution in [2.45, 2.75) is 20.9 Å². The van der Waals surface area contributed by atoms with Gasteiger partial charge in [-0.15, -0.1) is 0 Å². The first-order valence-corrected chi connectivity index (χ1v) is 15.7. The molecule has 0 aliphatic heterocycles. The topological polar surface area (TPSA) is 98.1 Å². The third-order valence-electron chi connectivity index (χ3n) is 5.60. The number of alkyl halides is 3. The molecule has 0 aliphatic carbocycles. The maximum Gasteiger partial charge on any atom is 0.435 e. The molecule has 0 spiro atoms. The van der Waals surface area contributed by atoms with Crippen LogP contribution >= 0.6 is 0 Å². The highest BCUT2D eigenvalue weighted by Crippen LogP contribution is 2.44. The van der Waals surface area contributed by atoms with E-state index in [1.54, 1.807) is 12.1 Å². The highest BCUT2D eigenvalue weighted by molar-refractivity contribution is 7.91. The van der Waals surface area contributed by atoms with Crippen molar-refractivity contribution < 1.29 is 30.7 Å². The fourth-order valence-corrected chi connectivity index (χ4v) is 5.46. The van der Waals surface area contributed by atoms with Crippen LogP contribution in [0.25, 0.3) is 28.1 Å². The van der Waals surface area contributed by atoms with Gasteiger partial charge in [0.25, 0.3) is 0 Å². The summed E-state index contributed by atoms with van der Waals surface area (Å²) >= 11 is -2.61. The van der Waals surface area contributed by atoms with Crippen LogP contribution in [0.2, 0.25) is 0 Å². The molecule has 0 fully saturated rings. The summed E-state index contributed by atoms with van der Waals surface area (Å²) in [6.07, 6.45) is -0.822. The van der Waals surface area contributed by atoms with Crippen LogP contribution in [0.5, 0.6) is 0 Å². The van der Waals surface area contributed by atoms with Crippen LogP contribution in [0.3, 0.4) is 0 Å². The largest absolute Gasteiger partial charge is 0.612 e. The zero-order valence-electron chi connectivity index (χ0n) is 19.8. The minimum atomic E-state index is -4.82. The Balaban J connectivity index is 2.03. The lowest BCUT2D eigenvalue weighted by molar-refractivity contribution is -0.140. The lowest BCUT2D eigenvalue weighted by atomic mass is 9.98. The van der Waals surface area contributed by atoms with Crippen molar-refractivity contribution in [2.75, 3.05) is 18.8 Å². The third kappa shape index (κ3) is 5.73. The Labute approximate surface area is 218 Å². The summed E-state index contributed by atoms with van der Waals surface area (Å²) in [4.78, 5) is 0.964. The molecule has 2 atom stereocenters. The number of sulfone groups is 1. The van der Waals surface area contributed by atoms with Crippen molar-refractivity contribution in [1.82, 2.24) is 9.78 Å². The van der Waals surface area contributed by atoms with Crippen molar-refractivity contribution in [1.29, 1.82) is 0 Å². The van der Waals surface area contributed by atoms with E-state index in [0.717, 1.165) is 10.9 Å². The van der Waals surface area contributed by atoms with E-state index in [1.807, 2.05) is 0 Å². The van der Waals surface area contributed by atoms with Gasteiger partial charge in [-0.1, -0.05) is 12.1 Å². The van der Waals surface area contributed by atoms with Gasteiger partial charge in [-0.05, 0) is 88.6 Å². The van der Waals surface area contributed by atoms with Crippen LogP contribution in [0.1, 0.15) is 5.69 Å². The van der Waals surface area contributed by atoms with Gasteiger partial charge in [0, 0.05) is 17.4 Å². The fraction of sp³-hybridized carbons (Fsp3) is 0.160. The molecule has 0 amide bonds. The molecule has 1 heterocycles. The summed E-state index contributed by atoms with van der Waals surface area (Å²) in [5, 5.41) is 3.95. The zero-order valence-corrected chi connectivity index (χ0v) is 22.3. The molecule has 1 aromatic heterocycles. The lowest BCUT2D eigenvalue weighted by Gasteiger charge is -2.13. The Morgan fingerprint density at radius 2 is 1.24 bits per heavy atom. The first-order chi connectivity index (χ1) is 17.3. The number of aromatic nitrogens is 2. The highest BCUT2D eigenvalue weighted by atomic mass is 32.2. The molecule has 6 nitrogen and oxygen atoms in total. The molecule has 0 aliphatic rings. The highest BCUT2D eigenvalue weighted by Gasteiger charge is 2.40. The second-order valence-corrected chi connectivity index (χ2v) is 13.0. The molecular formula is C25H21F3N2O4S3. The molecule has 12 heteroatoms. The molecule has 0 N–H and O–H groups in total. The first-order valence-electron chi connectivity index (χ1n) is 10.7. The van der Waals surface area contributed by atoms with E-state index in [2.05, 4.69) is 5.10 Å². The number of halogens is 3. The van der Waals surface area contributed by atoms with Crippen molar-refractivity contribution >= 4 is 32.2 Å². The van der Waals surface area contributed by atoms with Crippen molar-refractivity contribution in [3.8, 4) is 28.1 Å². The third-order valence-corrected chi connectivity index (χ3v) is 8.60. The van der Waals surface area contributed by atoms with E-state index < -0.39 is 44.1 Å². The summed E-state index contributed by atoms with van der Waals surface area (Å²) < 4.78 is 91.6. The summed E-state index contributed by atoms with van der Waals surface area (Å²) in [5.41, 5.74) is -0.472.